The molecule has 1 N–H and O–H groups in total. The van der Waals surface area contributed by atoms with E-state index in [2.05, 4.69) is 27.4 Å². The van der Waals surface area contributed by atoms with Gasteiger partial charge in [-0.2, -0.15) is 4.98 Å². The van der Waals surface area contributed by atoms with E-state index in [4.69, 9.17) is 16.3 Å². The minimum absolute atomic E-state index is 0.523. The molecule has 0 aliphatic carbocycles. The number of ether oxygens (including phenoxy) is 1. The molecule has 1 heterocycles. The van der Waals surface area contributed by atoms with Gasteiger partial charge in [0.25, 0.3) is 0 Å². The van der Waals surface area contributed by atoms with E-state index in [0.29, 0.717) is 30.7 Å². The van der Waals surface area contributed by atoms with Crippen molar-refractivity contribution in [2.45, 2.75) is 26.3 Å². The van der Waals surface area contributed by atoms with Gasteiger partial charge in [-0.15, -0.1) is 11.6 Å². The second-order valence-corrected chi connectivity index (χ2v) is 4.65. The van der Waals surface area contributed by atoms with Gasteiger partial charge in [0.1, 0.15) is 11.6 Å². The Morgan fingerprint density at radius 3 is 2.75 bits per heavy atom. The molecule has 0 bridgehead atoms. The number of hydrogen-bond acceptors (Lipinski definition) is 4. The quantitative estimate of drug-likeness (QED) is 0.827. The van der Waals surface area contributed by atoms with Crippen LogP contribution in [0.4, 0.5) is 5.82 Å². The Hall–Kier alpha value is -1.81. The third kappa shape index (κ3) is 4.10. The zero-order valence-corrected chi connectivity index (χ0v) is 12.4. The lowest BCUT2D eigenvalue weighted by molar-refractivity contribution is 0.325. The smallest absolute Gasteiger partial charge is 0.218 e. The van der Waals surface area contributed by atoms with Crippen LogP contribution in [0, 0.1) is 6.92 Å². The number of aromatic nitrogens is 2. The van der Waals surface area contributed by atoms with E-state index in [1.54, 1.807) is 0 Å². The van der Waals surface area contributed by atoms with Gasteiger partial charge >= 0.3 is 0 Å². The molecular weight excluding hydrogens is 274 g/mol. The molecule has 0 saturated heterocycles. The topological polar surface area (TPSA) is 47.0 Å². The standard InChI is InChI=1S/C15H18ClN3O/c1-3-20-15-8-14(18-11(2)19-15)17-10-13-6-4-5-12(7-13)9-16/h4-8H,3,9-10H2,1-2H3,(H,17,18,19). The number of alkyl halides is 1. The number of hydrogen-bond donors (Lipinski definition) is 1. The first-order valence-electron chi connectivity index (χ1n) is 6.57. The van der Waals surface area contributed by atoms with Crippen molar-refractivity contribution < 1.29 is 4.74 Å². The zero-order valence-electron chi connectivity index (χ0n) is 11.7. The van der Waals surface area contributed by atoms with E-state index in [-0.39, 0.29) is 0 Å². The van der Waals surface area contributed by atoms with Crippen LogP contribution in [0.2, 0.25) is 0 Å². The molecule has 1 aromatic carbocycles. The molecule has 0 aliphatic heterocycles. The lowest BCUT2D eigenvalue weighted by Crippen LogP contribution is -2.05. The van der Waals surface area contributed by atoms with Crippen LogP contribution in [0.15, 0.2) is 30.3 Å². The lowest BCUT2D eigenvalue weighted by Gasteiger charge is -2.09. The van der Waals surface area contributed by atoms with Crippen molar-refractivity contribution in [3.63, 3.8) is 0 Å². The number of anilines is 1. The maximum absolute atomic E-state index is 5.83. The van der Waals surface area contributed by atoms with Crippen LogP contribution in [0.5, 0.6) is 5.88 Å². The van der Waals surface area contributed by atoms with Gasteiger partial charge in [-0.3, -0.25) is 0 Å². The zero-order chi connectivity index (χ0) is 14.4. The molecule has 0 amide bonds. The van der Waals surface area contributed by atoms with Crippen LogP contribution in [0.1, 0.15) is 23.9 Å². The summed E-state index contributed by atoms with van der Waals surface area (Å²) >= 11 is 5.83. The number of benzene rings is 1. The number of nitrogens with zero attached hydrogens (tertiary/aromatic N) is 2. The lowest BCUT2D eigenvalue weighted by atomic mass is 10.1. The summed E-state index contributed by atoms with van der Waals surface area (Å²) in [6, 6.07) is 9.96. The van der Waals surface area contributed by atoms with Crippen LogP contribution in [0.25, 0.3) is 0 Å². The molecule has 0 unspecified atom stereocenters. The molecule has 5 heteroatoms. The number of rotatable bonds is 6. The summed E-state index contributed by atoms with van der Waals surface area (Å²) in [5, 5.41) is 3.28. The molecule has 1 aromatic heterocycles. The summed E-state index contributed by atoms with van der Waals surface area (Å²) in [4.78, 5) is 8.56. The van der Waals surface area contributed by atoms with E-state index in [9.17, 15) is 0 Å². The van der Waals surface area contributed by atoms with E-state index < -0.39 is 0 Å². The molecule has 0 saturated carbocycles. The molecule has 0 spiro atoms. The molecule has 0 radical (unpaired) electrons. The second kappa shape index (κ2) is 7.10. The highest BCUT2D eigenvalue weighted by Gasteiger charge is 2.03. The Bertz CT molecular complexity index is 575. The van der Waals surface area contributed by atoms with Gasteiger partial charge in [-0.25, -0.2) is 4.98 Å². The molecule has 0 aliphatic rings. The largest absolute Gasteiger partial charge is 0.478 e. The van der Waals surface area contributed by atoms with Crippen LogP contribution < -0.4 is 10.1 Å². The van der Waals surface area contributed by atoms with Crippen LogP contribution in [-0.4, -0.2) is 16.6 Å². The maximum Gasteiger partial charge on any atom is 0.218 e. The first-order valence-corrected chi connectivity index (χ1v) is 7.11. The summed E-state index contributed by atoms with van der Waals surface area (Å²) in [5.74, 6) is 2.57. The van der Waals surface area contributed by atoms with Crippen LogP contribution in [-0.2, 0) is 12.4 Å². The minimum Gasteiger partial charge on any atom is -0.478 e. The number of aryl methyl sites for hydroxylation is 1. The average molecular weight is 292 g/mol. The molecule has 20 heavy (non-hydrogen) atoms. The fraction of sp³-hybridized carbons (Fsp3) is 0.333. The van der Waals surface area contributed by atoms with Gasteiger partial charge in [-0.05, 0) is 25.0 Å². The third-order valence-corrected chi connectivity index (χ3v) is 3.03. The van der Waals surface area contributed by atoms with E-state index in [1.807, 2.05) is 32.0 Å². The molecule has 0 fully saturated rings. The van der Waals surface area contributed by atoms with Gasteiger partial charge in [0.2, 0.25) is 5.88 Å². The van der Waals surface area contributed by atoms with Gasteiger partial charge in [-0.1, -0.05) is 24.3 Å². The highest BCUT2D eigenvalue weighted by atomic mass is 35.5. The summed E-state index contributed by atoms with van der Waals surface area (Å²) < 4.78 is 5.41. The van der Waals surface area contributed by atoms with E-state index >= 15 is 0 Å². The maximum atomic E-state index is 5.83. The SMILES string of the molecule is CCOc1cc(NCc2cccc(CCl)c2)nc(C)n1. The van der Waals surface area contributed by atoms with Gasteiger partial charge in [0, 0.05) is 18.5 Å². The molecule has 106 valence electrons. The Morgan fingerprint density at radius 2 is 2.00 bits per heavy atom. The van der Waals surface area contributed by atoms with Crippen LogP contribution in [0.3, 0.4) is 0 Å². The van der Waals surface area contributed by atoms with Crippen molar-refractivity contribution in [1.29, 1.82) is 0 Å². The van der Waals surface area contributed by atoms with Crippen molar-refractivity contribution in [2.24, 2.45) is 0 Å². The highest BCUT2D eigenvalue weighted by Crippen LogP contribution is 2.15. The molecule has 2 rings (SSSR count). The number of nitrogens with one attached hydrogen (secondary N) is 1. The normalized spacial score (nSPS) is 10.3. The predicted molar refractivity (Wildman–Crippen MR) is 81.3 cm³/mol. The summed E-state index contributed by atoms with van der Waals surface area (Å²) in [5.41, 5.74) is 2.28. The molecular formula is C15H18ClN3O. The fourth-order valence-electron chi connectivity index (χ4n) is 1.87. The van der Waals surface area contributed by atoms with Gasteiger partial charge < -0.3 is 10.1 Å². The van der Waals surface area contributed by atoms with Gasteiger partial charge in [0.05, 0.1) is 6.61 Å². The van der Waals surface area contributed by atoms with Crippen molar-refractivity contribution >= 4 is 17.4 Å². The fourth-order valence-corrected chi connectivity index (χ4v) is 2.03. The Kier molecular flexibility index (Phi) is 5.18. The average Bonchev–Trinajstić information content (AvgIpc) is 2.45. The predicted octanol–water partition coefficient (Wildman–Crippen LogP) is 3.53. The summed E-state index contributed by atoms with van der Waals surface area (Å²) in [7, 11) is 0. The molecule has 4 nitrogen and oxygen atoms in total. The highest BCUT2D eigenvalue weighted by molar-refractivity contribution is 6.17. The summed E-state index contributed by atoms with van der Waals surface area (Å²) in [6.45, 7) is 5.06. The first-order chi connectivity index (χ1) is 9.71. The minimum atomic E-state index is 0.523. The molecule has 2 aromatic rings. The van der Waals surface area contributed by atoms with Crippen molar-refractivity contribution in [2.75, 3.05) is 11.9 Å². The second-order valence-electron chi connectivity index (χ2n) is 4.38. The van der Waals surface area contributed by atoms with E-state index in [0.717, 1.165) is 16.9 Å². The van der Waals surface area contributed by atoms with E-state index in [1.165, 1.54) is 0 Å². The molecule has 0 atom stereocenters. The monoisotopic (exact) mass is 291 g/mol. The number of halogens is 1. The Labute approximate surface area is 124 Å². The Morgan fingerprint density at radius 1 is 1.20 bits per heavy atom. The van der Waals surface area contributed by atoms with Crippen molar-refractivity contribution in [3.8, 4) is 5.88 Å². The first kappa shape index (κ1) is 14.6. The summed E-state index contributed by atoms with van der Waals surface area (Å²) in [6.07, 6.45) is 0. The van der Waals surface area contributed by atoms with Crippen molar-refractivity contribution in [1.82, 2.24) is 9.97 Å². The van der Waals surface area contributed by atoms with Crippen LogP contribution >= 0.6 is 11.6 Å². The third-order valence-electron chi connectivity index (χ3n) is 2.73. The van der Waals surface area contributed by atoms with Gasteiger partial charge in [0.15, 0.2) is 0 Å². The Balaban J connectivity index is 2.06. The van der Waals surface area contributed by atoms with Crippen molar-refractivity contribution in [3.05, 3.63) is 47.3 Å².